The van der Waals surface area contributed by atoms with Crippen molar-refractivity contribution in [3.8, 4) is 11.8 Å². The summed E-state index contributed by atoms with van der Waals surface area (Å²) in [5.74, 6) is 7.48. The van der Waals surface area contributed by atoms with Gasteiger partial charge in [-0.25, -0.2) is 0 Å². The third kappa shape index (κ3) is 8.67. The molecule has 0 radical (unpaired) electrons. The Morgan fingerprint density at radius 2 is 1.68 bits per heavy atom. The number of ether oxygens (including phenoxy) is 1. The predicted octanol–water partition coefficient (Wildman–Crippen LogP) is 6.33. The van der Waals surface area contributed by atoms with E-state index in [1.165, 1.54) is 12.8 Å². The molecule has 0 spiro atoms. The number of hydrogen-bond acceptors (Lipinski definition) is 3. The summed E-state index contributed by atoms with van der Waals surface area (Å²) in [5.41, 5.74) is 2.00. The molecule has 0 aliphatic carbocycles. The third-order valence-corrected chi connectivity index (χ3v) is 5.59. The van der Waals surface area contributed by atoms with Crippen LogP contribution in [0.15, 0.2) is 59.5 Å². The molecule has 0 amide bonds. The first-order valence-corrected chi connectivity index (χ1v) is 11.1. The maximum absolute atomic E-state index is 11.9. The molecular formula is C25H30O2S. The third-order valence-electron chi connectivity index (χ3n) is 4.58. The molecule has 0 saturated carbocycles. The molecule has 28 heavy (non-hydrogen) atoms. The van der Waals surface area contributed by atoms with E-state index in [-0.39, 0.29) is 5.97 Å². The van der Waals surface area contributed by atoms with E-state index in [0.717, 1.165) is 34.6 Å². The average molecular weight is 395 g/mol. The fourth-order valence-electron chi connectivity index (χ4n) is 2.73. The Bertz CT molecular complexity index is 757. The zero-order valence-electron chi connectivity index (χ0n) is 16.9. The summed E-state index contributed by atoms with van der Waals surface area (Å²) in [6.07, 6.45) is 5.07. The number of rotatable bonds is 10. The Balaban J connectivity index is 1.70. The normalized spacial score (nSPS) is 11.4. The van der Waals surface area contributed by atoms with E-state index in [1.807, 2.05) is 42.5 Å². The van der Waals surface area contributed by atoms with Crippen LogP contribution in [-0.2, 0) is 9.53 Å². The van der Waals surface area contributed by atoms with Gasteiger partial charge in [0.1, 0.15) is 0 Å². The van der Waals surface area contributed by atoms with Gasteiger partial charge in [-0.3, -0.25) is 4.79 Å². The molecule has 2 aromatic rings. The molecule has 2 rings (SSSR count). The molecule has 2 aromatic carbocycles. The minimum atomic E-state index is -0.0900. The fraction of sp³-hybridized carbons (Fsp3) is 0.400. The second-order valence-electron chi connectivity index (χ2n) is 6.84. The van der Waals surface area contributed by atoms with Crippen LogP contribution in [0.5, 0.6) is 0 Å². The monoisotopic (exact) mass is 394 g/mol. The van der Waals surface area contributed by atoms with Crippen molar-refractivity contribution in [3.05, 3.63) is 65.7 Å². The van der Waals surface area contributed by atoms with Crippen LogP contribution >= 0.6 is 11.8 Å². The number of esters is 1. The van der Waals surface area contributed by atoms with Crippen LogP contribution in [0, 0.1) is 17.8 Å². The van der Waals surface area contributed by atoms with E-state index < -0.39 is 0 Å². The van der Waals surface area contributed by atoms with Crippen LogP contribution in [0.1, 0.15) is 57.1 Å². The van der Waals surface area contributed by atoms with Gasteiger partial charge in [0.05, 0.1) is 13.0 Å². The first-order valence-electron chi connectivity index (χ1n) is 10.2. The molecule has 2 nitrogen and oxygen atoms in total. The number of unbranched alkanes of at least 4 members (excludes halogenated alkanes) is 1. The minimum Gasteiger partial charge on any atom is -0.465 e. The molecule has 0 bridgehead atoms. The summed E-state index contributed by atoms with van der Waals surface area (Å²) in [6.45, 7) is 4.92. The van der Waals surface area contributed by atoms with Gasteiger partial charge in [0.15, 0.2) is 0 Å². The molecule has 0 aromatic heterocycles. The zero-order valence-corrected chi connectivity index (χ0v) is 17.8. The van der Waals surface area contributed by atoms with Gasteiger partial charge < -0.3 is 4.74 Å². The molecule has 0 N–H and O–H groups in total. The standard InChI is InChI=1S/C25H30O2S/c1-3-5-9-21(4-2)20-27-25(26)18-19-28-24-16-14-23(15-17-24)13-12-22-10-7-6-8-11-22/h6-8,10-11,14-17,21H,3-5,9,18-20H2,1-2H3. The van der Waals surface area contributed by atoms with Crippen molar-refractivity contribution in [1.29, 1.82) is 0 Å². The summed E-state index contributed by atoms with van der Waals surface area (Å²) in [4.78, 5) is 13.1. The minimum absolute atomic E-state index is 0.0900. The molecule has 0 heterocycles. The molecule has 0 aliphatic heterocycles. The Morgan fingerprint density at radius 3 is 2.32 bits per heavy atom. The summed E-state index contributed by atoms with van der Waals surface area (Å²) in [6, 6.07) is 18.1. The van der Waals surface area contributed by atoms with Gasteiger partial charge in [0.2, 0.25) is 0 Å². The molecule has 148 valence electrons. The van der Waals surface area contributed by atoms with E-state index >= 15 is 0 Å². The van der Waals surface area contributed by atoms with E-state index in [9.17, 15) is 4.79 Å². The highest BCUT2D eigenvalue weighted by Crippen LogP contribution is 2.20. The summed E-state index contributed by atoms with van der Waals surface area (Å²) in [7, 11) is 0. The van der Waals surface area contributed by atoms with Crippen molar-refractivity contribution >= 4 is 17.7 Å². The topological polar surface area (TPSA) is 26.3 Å². The second kappa shape index (κ2) is 13.1. The van der Waals surface area contributed by atoms with Crippen LogP contribution in [-0.4, -0.2) is 18.3 Å². The summed E-state index contributed by atoms with van der Waals surface area (Å²) < 4.78 is 5.45. The largest absolute Gasteiger partial charge is 0.465 e. The van der Waals surface area contributed by atoms with Crippen LogP contribution in [0.25, 0.3) is 0 Å². The lowest BCUT2D eigenvalue weighted by atomic mass is 10.0. The van der Waals surface area contributed by atoms with Gasteiger partial charge in [0, 0.05) is 21.8 Å². The lowest BCUT2D eigenvalue weighted by Crippen LogP contribution is -2.14. The van der Waals surface area contributed by atoms with Gasteiger partial charge >= 0.3 is 5.97 Å². The Hall–Kier alpha value is -2.18. The van der Waals surface area contributed by atoms with Crippen molar-refractivity contribution in [2.45, 2.75) is 50.8 Å². The molecule has 3 heteroatoms. The first-order chi connectivity index (χ1) is 13.7. The molecule has 1 unspecified atom stereocenters. The van der Waals surface area contributed by atoms with E-state index in [4.69, 9.17) is 4.74 Å². The Labute approximate surface area is 174 Å². The van der Waals surface area contributed by atoms with Gasteiger partial charge in [-0.05, 0) is 48.7 Å². The number of benzene rings is 2. The summed E-state index contributed by atoms with van der Waals surface area (Å²) >= 11 is 1.68. The van der Waals surface area contributed by atoms with Crippen molar-refractivity contribution in [1.82, 2.24) is 0 Å². The molecular weight excluding hydrogens is 364 g/mol. The molecule has 0 aliphatic rings. The SMILES string of the molecule is CCCCC(CC)COC(=O)CCSc1ccc(C#Cc2ccccc2)cc1. The molecule has 0 saturated heterocycles. The number of carbonyl (C=O) groups is 1. The van der Waals surface area contributed by atoms with Gasteiger partial charge in [-0.15, -0.1) is 11.8 Å². The first kappa shape index (κ1) is 22.1. The van der Waals surface area contributed by atoms with Crippen LogP contribution in [0.4, 0.5) is 0 Å². The lowest BCUT2D eigenvalue weighted by molar-refractivity contribution is -0.144. The summed E-state index contributed by atoms with van der Waals surface area (Å²) in [5, 5.41) is 0. The van der Waals surface area contributed by atoms with Crippen LogP contribution in [0.3, 0.4) is 0 Å². The maximum atomic E-state index is 11.9. The van der Waals surface area contributed by atoms with Crippen molar-refractivity contribution in [2.75, 3.05) is 12.4 Å². The van der Waals surface area contributed by atoms with Crippen LogP contribution < -0.4 is 0 Å². The Morgan fingerprint density at radius 1 is 1.00 bits per heavy atom. The lowest BCUT2D eigenvalue weighted by Gasteiger charge is -2.14. The van der Waals surface area contributed by atoms with E-state index in [2.05, 4.69) is 37.8 Å². The maximum Gasteiger partial charge on any atom is 0.306 e. The number of thioether (sulfide) groups is 1. The smallest absolute Gasteiger partial charge is 0.306 e. The quantitative estimate of drug-likeness (QED) is 0.268. The molecule has 0 fully saturated rings. The van der Waals surface area contributed by atoms with E-state index in [0.29, 0.717) is 18.9 Å². The predicted molar refractivity (Wildman–Crippen MR) is 118 cm³/mol. The van der Waals surface area contributed by atoms with Gasteiger partial charge in [-0.1, -0.05) is 63.1 Å². The highest BCUT2D eigenvalue weighted by molar-refractivity contribution is 7.99. The molecule has 1 atom stereocenters. The highest BCUT2D eigenvalue weighted by atomic mass is 32.2. The van der Waals surface area contributed by atoms with E-state index in [1.54, 1.807) is 11.8 Å². The van der Waals surface area contributed by atoms with Crippen molar-refractivity contribution in [3.63, 3.8) is 0 Å². The van der Waals surface area contributed by atoms with Gasteiger partial charge in [-0.2, -0.15) is 0 Å². The Kier molecular flexibility index (Phi) is 10.3. The van der Waals surface area contributed by atoms with Crippen molar-refractivity contribution in [2.24, 2.45) is 5.92 Å². The average Bonchev–Trinajstić information content (AvgIpc) is 2.74. The number of hydrogen-bond donors (Lipinski definition) is 0. The van der Waals surface area contributed by atoms with Gasteiger partial charge in [0.25, 0.3) is 0 Å². The second-order valence-corrected chi connectivity index (χ2v) is 8.01. The zero-order chi connectivity index (χ0) is 20.0. The van der Waals surface area contributed by atoms with Crippen molar-refractivity contribution < 1.29 is 9.53 Å². The number of carbonyl (C=O) groups excluding carboxylic acids is 1. The fourth-order valence-corrected chi connectivity index (χ4v) is 3.57. The highest BCUT2D eigenvalue weighted by Gasteiger charge is 2.10. The van der Waals surface area contributed by atoms with Crippen LogP contribution in [0.2, 0.25) is 0 Å².